The van der Waals surface area contributed by atoms with E-state index in [9.17, 15) is 14.4 Å². The molecule has 24 heavy (non-hydrogen) atoms. The molecule has 6 nitrogen and oxygen atoms in total. The van der Waals surface area contributed by atoms with Gasteiger partial charge in [-0.25, -0.2) is 0 Å². The van der Waals surface area contributed by atoms with Gasteiger partial charge in [0.2, 0.25) is 11.5 Å². The van der Waals surface area contributed by atoms with Crippen molar-refractivity contribution >= 4 is 40.7 Å². The third-order valence-corrected chi connectivity index (χ3v) is 3.89. The summed E-state index contributed by atoms with van der Waals surface area (Å²) in [7, 11) is 0. The van der Waals surface area contributed by atoms with Crippen molar-refractivity contribution in [2.24, 2.45) is 0 Å². The molecule has 126 valence electrons. The van der Waals surface area contributed by atoms with Crippen LogP contribution in [0.15, 0.2) is 41.3 Å². The van der Waals surface area contributed by atoms with E-state index >= 15 is 0 Å². The summed E-state index contributed by atoms with van der Waals surface area (Å²) in [5, 5.41) is 3.23. The number of aromatic nitrogens is 1. The second kappa shape index (κ2) is 7.99. The highest BCUT2D eigenvalue weighted by molar-refractivity contribution is 6.39. The maximum absolute atomic E-state index is 12.4. The molecule has 0 aliphatic rings. The van der Waals surface area contributed by atoms with Crippen LogP contribution in [0.1, 0.15) is 17.3 Å². The Labute approximate surface area is 148 Å². The largest absolute Gasteiger partial charge is 0.330 e. The Bertz CT molecular complexity index is 780. The lowest BCUT2D eigenvalue weighted by Gasteiger charge is -2.20. The Hall–Kier alpha value is -2.31. The molecular formula is C16H15Cl2N3O3. The third-order valence-electron chi connectivity index (χ3n) is 3.26. The lowest BCUT2D eigenvalue weighted by molar-refractivity contribution is -0.116. The minimum Gasteiger partial charge on any atom is -0.330 e. The van der Waals surface area contributed by atoms with E-state index in [0.29, 0.717) is 27.8 Å². The average Bonchev–Trinajstić information content (AvgIpc) is 2.56. The number of halogens is 2. The highest BCUT2D eigenvalue weighted by atomic mass is 35.5. The van der Waals surface area contributed by atoms with Crippen molar-refractivity contribution in [2.75, 3.05) is 18.4 Å². The Kier molecular flexibility index (Phi) is 6.00. The molecule has 1 aromatic carbocycles. The number of amides is 2. The van der Waals surface area contributed by atoms with Crippen LogP contribution < -0.4 is 10.9 Å². The monoisotopic (exact) mass is 367 g/mol. The lowest BCUT2D eigenvalue weighted by atomic mass is 10.2. The van der Waals surface area contributed by atoms with E-state index in [1.54, 1.807) is 25.1 Å². The zero-order chi connectivity index (χ0) is 17.7. The average molecular weight is 368 g/mol. The van der Waals surface area contributed by atoms with Crippen LogP contribution in [0.4, 0.5) is 5.69 Å². The van der Waals surface area contributed by atoms with Crippen molar-refractivity contribution < 1.29 is 9.59 Å². The van der Waals surface area contributed by atoms with E-state index in [4.69, 9.17) is 23.2 Å². The first kappa shape index (κ1) is 18.0. The number of rotatable bonds is 5. The van der Waals surface area contributed by atoms with Gasteiger partial charge in [-0.15, -0.1) is 0 Å². The van der Waals surface area contributed by atoms with Crippen molar-refractivity contribution in [1.29, 1.82) is 0 Å². The summed E-state index contributed by atoms with van der Waals surface area (Å²) in [5.41, 5.74) is 0.291. The van der Waals surface area contributed by atoms with E-state index in [1.165, 1.54) is 23.2 Å². The van der Waals surface area contributed by atoms with Crippen molar-refractivity contribution in [2.45, 2.75) is 6.92 Å². The van der Waals surface area contributed by atoms with Crippen LogP contribution in [0.5, 0.6) is 0 Å². The van der Waals surface area contributed by atoms with Gasteiger partial charge in [-0.2, -0.15) is 0 Å². The fraction of sp³-hybridized carbons (Fsp3) is 0.188. The van der Waals surface area contributed by atoms with Crippen LogP contribution in [0.3, 0.4) is 0 Å². The molecule has 1 aromatic heterocycles. The molecule has 0 aliphatic carbocycles. The van der Waals surface area contributed by atoms with Crippen LogP contribution in [0, 0.1) is 0 Å². The predicted molar refractivity (Wildman–Crippen MR) is 93.7 cm³/mol. The Balaban J connectivity index is 2.09. The topological polar surface area (TPSA) is 82.3 Å². The minimum atomic E-state index is -0.426. The quantitative estimate of drug-likeness (QED) is 0.852. The number of aromatic amines is 1. The molecule has 0 atom stereocenters. The summed E-state index contributed by atoms with van der Waals surface area (Å²) >= 11 is 12.0. The smallest absolute Gasteiger partial charge is 0.255 e. The fourth-order valence-corrected chi connectivity index (χ4v) is 2.51. The number of H-pyrrole nitrogens is 1. The number of hydrogen-bond acceptors (Lipinski definition) is 3. The van der Waals surface area contributed by atoms with Crippen molar-refractivity contribution in [1.82, 2.24) is 9.88 Å². The number of carbonyl (C=O) groups excluding carboxylic acids is 2. The van der Waals surface area contributed by atoms with Gasteiger partial charge >= 0.3 is 0 Å². The van der Waals surface area contributed by atoms with Gasteiger partial charge in [0, 0.05) is 18.8 Å². The Morgan fingerprint density at radius 1 is 1.17 bits per heavy atom. The van der Waals surface area contributed by atoms with Crippen LogP contribution in [0.25, 0.3) is 0 Å². The highest BCUT2D eigenvalue weighted by Crippen LogP contribution is 2.29. The predicted octanol–water partition coefficient (Wildman–Crippen LogP) is 2.78. The highest BCUT2D eigenvalue weighted by Gasteiger charge is 2.18. The number of benzene rings is 1. The summed E-state index contributed by atoms with van der Waals surface area (Å²) in [5.74, 6) is -0.793. The molecule has 0 aliphatic heterocycles. The maximum atomic E-state index is 12.4. The van der Waals surface area contributed by atoms with Crippen LogP contribution in [-0.2, 0) is 4.79 Å². The number of pyridine rings is 1. The summed E-state index contributed by atoms with van der Waals surface area (Å²) < 4.78 is 0. The van der Waals surface area contributed by atoms with Crippen LogP contribution in [-0.4, -0.2) is 34.8 Å². The van der Waals surface area contributed by atoms with Crippen molar-refractivity contribution in [3.8, 4) is 0 Å². The number of likely N-dealkylation sites (N-methyl/N-ethyl adjacent to an activating group) is 1. The maximum Gasteiger partial charge on any atom is 0.255 e. The molecule has 8 heteroatoms. The third kappa shape index (κ3) is 4.37. The number of nitrogens with zero attached hydrogens (tertiary/aromatic N) is 1. The minimum absolute atomic E-state index is 0.171. The second-order valence-corrected chi connectivity index (χ2v) is 5.72. The zero-order valence-corrected chi connectivity index (χ0v) is 14.3. The van der Waals surface area contributed by atoms with Gasteiger partial charge in [0.15, 0.2) is 0 Å². The number of hydrogen-bond donors (Lipinski definition) is 2. The second-order valence-electron chi connectivity index (χ2n) is 4.91. The van der Waals surface area contributed by atoms with Gasteiger partial charge in [-0.3, -0.25) is 14.4 Å². The number of para-hydroxylation sites is 1. The summed E-state index contributed by atoms with van der Waals surface area (Å²) in [6.45, 7) is 1.90. The Morgan fingerprint density at radius 2 is 1.83 bits per heavy atom. The summed E-state index contributed by atoms with van der Waals surface area (Å²) in [4.78, 5) is 39.4. The fourth-order valence-electron chi connectivity index (χ4n) is 2.02. The number of carbonyl (C=O) groups is 2. The van der Waals surface area contributed by atoms with Gasteiger partial charge < -0.3 is 15.2 Å². The van der Waals surface area contributed by atoms with Gasteiger partial charge in [-0.1, -0.05) is 29.3 Å². The van der Waals surface area contributed by atoms with E-state index < -0.39 is 5.91 Å². The number of nitrogens with one attached hydrogen (secondary N) is 2. The molecule has 2 aromatic rings. The van der Waals surface area contributed by atoms with E-state index in [2.05, 4.69) is 10.3 Å². The molecule has 1 heterocycles. The molecule has 2 amide bonds. The SMILES string of the molecule is CCN(CC(=O)Nc1c(Cl)cccc1Cl)C(=O)c1ccc(=O)[nH]c1. The van der Waals surface area contributed by atoms with Crippen molar-refractivity contribution in [3.05, 3.63) is 62.5 Å². The first-order chi connectivity index (χ1) is 11.4. The molecule has 2 rings (SSSR count). The van der Waals surface area contributed by atoms with Gasteiger partial charge in [0.25, 0.3) is 5.91 Å². The first-order valence-corrected chi connectivity index (χ1v) is 7.90. The van der Waals surface area contributed by atoms with E-state index in [0.717, 1.165) is 0 Å². The van der Waals surface area contributed by atoms with Gasteiger partial charge in [0.05, 0.1) is 21.3 Å². The standard InChI is InChI=1S/C16H15Cl2N3O3/c1-2-21(16(24)10-6-7-13(22)19-8-10)9-14(23)20-15-11(17)4-3-5-12(15)18/h3-8H,2,9H2,1H3,(H,19,22)(H,20,23). The van der Waals surface area contributed by atoms with Crippen LogP contribution >= 0.6 is 23.2 Å². The molecule has 0 radical (unpaired) electrons. The summed E-state index contributed by atoms with van der Waals surface area (Å²) in [6.07, 6.45) is 1.32. The van der Waals surface area contributed by atoms with Crippen LogP contribution in [0.2, 0.25) is 10.0 Å². The molecular weight excluding hydrogens is 353 g/mol. The van der Waals surface area contributed by atoms with Crippen molar-refractivity contribution in [3.63, 3.8) is 0 Å². The van der Waals surface area contributed by atoms with Gasteiger partial charge in [-0.05, 0) is 25.1 Å². The zero-order valence-electron chi connectivity index (χ0n) is 12.8. The van der Waals surface area contributed by atoms with E-state index in [-0.39, 0.29) is 18.0 Å². The molecule has 0 saturated heterocycles. The molecule has 0 bridgehead atoms. The Morgan fingerprint density at radius 3 is 2.38 bits per heavy atom. The molecule has 0 unspecified atom stereocenters. The normalized spacial score (nSPS) is 10.3. The molecule has 0 saturated carbocycles. The molecule has 0 spiro atoms. The van der Waals surface area contributed by atoms with E-state index in [1.807, 2.05) is 0 Å². The lowest BCUT2D eigenvalue weighted by Crippen LogP contribution is -2.38. The molecule has 0 fully saturated rings. The summed E-state index contributed by atoms with van der Waals surface area (Å²) in [6, 6.07) is 7.54. The van der Waals surface area contributed by atoms with Gasteiger partial charge in [0.1, 0.15) is 6.54 Å². The number of anilines is 1. The molecule has 2 N–H and O–H groups in total. The first-order valence-electron chi connectivity index (χ1n) is 7.14.